The van der Waals surface area contributed by atoms with Gasteiger partial charge in [-0.3, -0.25) is 9.67 Å². The molecule has 2 fully saturated rings. The maximum atomic E-state index is 4.78. The smallest absolute Gasteiger partial charge is 0.114 e. The van der Waals surface area contributed by atoms with E-state index in [0.29, 0.717) is 12.7 Å². The van der Waals surface area contributed by atoms with Crippen molar-refractivity contribution in [2.45, 2.75) is 51.0 Å². The van der Waals surface area contributed by atoms with E-state index in [1.54, 1.807) is 0 Å². The molecule has 2 aromatic rings. The summed E-state index contributed by atoms with van der Waals surface area (Å²) in [6.45, 7) is 0.627. The third kappa shape index (κ3) is 2.56. The summed E-state index contributed by atoms with van der Waals surface area (Å²) in [7, 11) is 0. The zero-order chi connectivity index (χ0) is 15.9. The van der Waals surface area contributed by atoms with Gasteiger partial charge in [0, 0.05) is 23.5 Å². The number of nitrogens with one attached hydrogen (secondary N) is 2. The van der Waals surface area contributed by atoms with E-state index in [-0.39, 0.29) is 0 Å². The van der Waals surface area contributed by atoms with Gasteiger partial charge in [-0.15, -0.1) is 0 Å². The van der Waals surface area contributed by atoms with Gasteiger partial charge in [0.2, 0.25) is 0 Å². The Morgan fingerprint density at radius 3 is 2.92 bits per heavy atom. The molecule has 0 saturated heterocycles. The number of hydrogen-bond acceptors (Lipinski definition) is 3. The largest absolute Gasteiger partial charge is 0.352 e. The zero-order valence-electron chi connectivity index (χ0n) is 14.0. The highest BCUT2D eigenvalue weighted by atomic mass is 15.3. The van der Waals surface area contributed by atoms with Crippen LogP contribution in [0.3, 0.4) is 0 Å². The summed E-state index contributed by atoms with van der Waals surface area (Å²) in [6, 6.07) is 2.68. The summed E-state index contributed by atoms with van der Waals surface area (Å²) in [4.78, 5) is 7.94. The van der Waals surface area contributed by atoms with E-state index in [1.165, 1.54) is 44.9 Å². The van der Waals surface area contributed by atoms with Crippen LogP contribution in [0.4, 0.5) is 5.82 Å². The topological polar surface area (TPSA) is 58.0 Å². The Morgan fingerprint density at radius 1 is 1.21 bits per heavy atom. The number of aromatic amines is 1. The standard InChI is InChI=1S/C19H25N5/c1-2-4-14(3-1)17(9-13-5-6-13)24-11-15(10-23-24)18-16-7-8-20-19(16)22-12-21-18/h7-8,10-11,13-14,17,20,22H,1-6,9,12H2. The molecule has 2 aromatic heterocycles. The van der Waals surface area contributed by atoms with Gasteiger partial charge in [0.15, 0.2) is 0 Å². The van der Waals surface area contributed by atoms with Crippen LogP contribution in [0.15, 0.2) is 29.6 Å². The molecule has 5 nitrogen and oxygen atoms in total. The fourth-order valence-electron chi connectivity index (χ4n) is 4.44. The normalized spacial score (nSPS) is 22.1. The third-order valence-electron chi connectivity index (χ3n) is 5.93. The second-order valence-electron chi connectivity index (χ2n) is 7.61. The highest BCUT2D eigenvalue weighted by molar-refractivity contribution is 6.16. The second kappa shape index (κ2) is 5.80. The van der Waals surface area contributed by atoms with E-state index in [0.717, 1.165) is 34.5 Å². The molecule has 0 spiro atoms. The van der Waals surface area contributed by atoms with Gasteiger partial charge in [0.25, 0.3) is 0 Å². The van der Waals surface area contributed by atoms with Gasteiger partial charge in [0.05, 0.1) is 18.0 Å². The van der Waals surface area contributed by atoms with Crippen molar-refractivity contribution in [3.63, 3.8) is 0 Å². The lowest BCUT2D eigenvalue weighted by atomic mass is 9.93. The first-order valence-electron chi connectivity index (χ1n) is 9.39. The molecule has 3 aliphatic rings. The van der Waals surface area contributed by atoms with Crippen molar-refractivity contribution in [2.75, 3.05) is 12.0 Å². The Hall–Kier alpha value is -2.04. The fourth-order valence-corrected chi connectivity index (χ4v) is 4.44. The molecule has 1 unspecified atom stereocenters. The number of anilines is 1. The van der Waals surface area contributed by atoms with Crippen molar-refractivity contribution in [1.82, 2.24) is 14.8 Å². The van der Waals surface area contributed by atoms with Crippen LogP contribution in [-0.4, -0.2) is 27.1 Å². The van der Waals surface area contributed by atoms with Gasteiger partial charge in [-0.25, -0.2) is 0 Å². The van der Waals surface area contributed by atoms with Gasteiger partial charge in [0.1, 0.15) is 12.5 Å². The molecule has 2 saturated carbocycles. The molecule has 126 valence electrons. The number of aliphatic imine (C=N–C) groups is 1. The van der Waals surface area contributed by atoms with Crippen LogP contribution in [0.1, 0.15) is 62.1 Å². The zero-order valence-corrected chi connectivity index (χ0v) is 14.0. The maximum absolute atomic E-state index is 4.78. The second-order valence-corrected chi connectivity index (χ2v) is 7.61. The average molecular weight is 323 g/mol. The molecule has 5 rings (SSSR count). The highest BCUT2D eigenvalue weighted by Crippen LogP contribution is 2.43. The van der Waals surface area contributed by atoms with Crippen LogP contribution in [0.5, 0.6) is 0 Å². The van der Waals surface area contributed by atoms with Crippen molar-refractivity contribution < 1.29 is 0 Å². The minimum Gasteiger partial charge on any atom is -0.352 e. The van der Waals surface area contributed by atoms with Gasteiger partial charge in [-0.2, -0.15) is 5.10 Å². The molecule has 2 N–H and O–H groups in total. The SMILES string of the molecule is c1cc2c([nH]1)NCN=C2c1cnn(C(CC2CC2)C2CCCC2)c1. The van der Waals surface area contributed by atoms with Gasteiger partial charge in [-0.05, 0) is 37.2 Å². The molecule has 5 heteroatoms. The van der Waals surface area contributed by atoms with Gasteiger partial charge >= 0.3 is 0 Å². The van der Waals surface area contributed by atoms with Crippen LogP contribution in [0.2, 0.25) is 0 Å². The summed E-state index contributed by atoms with van der Waals surface area (Å²) in [5.74, 6) is 2.82. The van der Waals surface area contributed by atoms with E-state index < -0.39 is 0 Å². The minimum absolute atomic E-state index is 0.585. The van der Waals surface area contributed by atoms with E-state index in [4.69, 9.17) is 5.10 Å². The number of hydrogen-bond donors (Lipinski definition) is 2. The van der Waals surface area contributed by atoms with Crippen LogP contribution in [0, 0.1) is 11.8 Å². The van der Waals surface area contributed by atoms with Crippen molar-refractivity contribution in [3.8, 4) is 0 Å². The molecule has 24 heavy (non-hydrogen) atoms. The lowest BCUT2D eigenvalue weighted by molar-refractivity contribution is 0.281. The Morgan fingerprint density at radius 2 is 2.08 bits per heavy atom. The monoisotopic (exact) mass is 323 g/mol. The Bertz CT molecular complexity index is 745. The van der Waals surface area contributed by atoms with Crippen LogP contribution >= 0.6 is 0 Å². The summed E-state index contributed by atoms with van der Waals surface area (Å²) in [5, 5.41) is 8.06. The first kappa shape index (κ1) is 14.3. The summed E-state index contributed by atoms with van der Waals surface area (Å²) >= 11 is 0. The van der Waals surface area contributed by atoms with Crippen molar-refractivity contribution in [2.24, 2.45) is 16.8 Å². The van der Waals surface area contributed by atoms with E-state index in [1.807, 2.05) is 12.4 Å². The lowest BCUT2D eigenvalue weighted by Gasteiger charge is -2.24. The first-order chi connectivity index (χ1) is 11.9. The Kier molecular flexibility index (Phi) is 3.46. The minimum atomic E-state index is 0.585. The third-order valence-corrected chi connectivity index (χ3v) is 5.93. The number of fused-ring (bicyclic) bond motifs is 1. The molecule has 0 radical (unpaired) electrons. The Balaban J connectivity index is 1.44. The highest BCUT2D eigenvalue weighted by Gasteiger charge is 2.33. The molecule has 1 aliphatic heterocycles. The summed E-state index contributed by atoms with van der Waals surface area (Å²) in [5.41, 5.74) is 3.37. The van der Waals surface area contributed by atoms with Crippen molar-refractivity contribution in [1.29, 1.82) is 0 Å². The van der Waals surface area contributed by atoms with Crippen LogP contribution < -0.4 is 5.32 Å². The molecule has 1 atom stereocenters. The molecule has 0 amide bonds. The molecule has 2 aliphatic carbocycles. The summed E-state index contributed by atoms with van der Waals surface area (Å²) in [6.07, 6.45) is 15.9. The Labute approximate surface area is 142 Å². The number of rotatable bonds is 5. The van der Waals surface area contributed by atoms with E-state index >= 15 is 0 Å². The molecular weight excluding hydrogens is 298 g/mol. The van der Waals surface area contributed by atoms with Gasteiger partial charge < -0.3 is 10.3 Å². The molecule has 3 heterocycles. The van der Waals surface area contributed by atoms with Gasteiger partial charge in [-0.1, -0.05) is 25.7 Å². The number of H-pyrrole nitrogens is 1. The average Bonchev–Trinajstić information content (AvgIpc) is 3.09. The predicted molar refractivity (Wildman–Crippen MR) is 95.5 cm³/mol. The predicted octanol–water partition coefficient (Wildman–Crippen LogP) is 3.96. The van der Waals surface area contributed by atoms with Crippen molar-refractivity contribution in [3.05, 3.63) is 35.8 Å². The molecule has 0 aromatic carbocycles. The van der Waals surface area contributed by atoms with Crippen molar-refractivity contribution >= 4 is 11.5 Å². The van der Waals surface area contributed by atoms with Crippen LogP contribution in [0.25, 0.3) is 0 Å². The number of nitrogens with zero attached hydrogens (tertiary/aromatic N) is 3. The maximum Gasteiger partial charge on any atom is 0.114 e. The lowest BCUT2D eigenvalue weighted by Crippen LogP contribution is -2.19. The van der Waals surface area contributed by atoms with Crippen LogP contribution in [-0.2, 0) is 0 Å². The molecular formula is C19H25N5. The van der Waals surface area contributed by atoms with E-state index in [2.05, 4.69) is 32.2 Å². The fraction of sp³-hybridized carbons (Fsp3) is 0.579. The first-order valence-corrected chi connectivity index (χ1v) is 9.39. The quantitative estimate of drug-likeness (QED) is 0.875. The molecule has 0 bridgehead atoms. The summed E-state index contributed by atoms with van der Waals surface area (Å²) < 4.78 is 2.26. The van der Waals surface area contributed by atoms with E-state index in [9.17, 15) is 0 Å². The number of aromatic nitrogens is 3.